The van der Waals surface area contributed by atoms with E-state index >= 15 is 0 Å². The first-order valence-corrected chi connectivity index (χ1v) is 8.81. The zero-order valence-corrected chi connectivity index (χ0v) is 14.6. The molecule has 0 spiro atoms. The highest BCUT2D eigenvalue weighted by Crippen LogP contribution is 2.19. The van der Waals surface area contributed by atoms with Gasteiger partial charge in [-0.15, -0.1) is 0 Å². The summed E-state index contributed by atoms with van der Waals surface area (Å²) in [6.07, 6.45) is 3.81. The third-order valence-electron chi connectivity index (χ3n) is 4.26. The lowest BCUT2D eigenvalue weighted by atomic mass is 10.1. The number of halogens is 2. The molecule has 2 rings (SSSR count). The molecule has 1 fully saturated rings. The van der Waals surface area contributed by atoms with E-state index in [0.717, 1.165) is 19.6 Å². The van der Waals surface area contributed by atoms with Gasteiger partial charge in [-0.05, 0) is 37.9 Å². The number of nitrogens with zero attached hydrogens (tertiary/aromatic N) is 1. The van der Waals surface area contributed by atoms with Crippen molar-refractivity contribution < 1.29 is 18.3 Å². The molecule has 25 heavy (non-hydrogen) atoms. The number of amides is 2. The fourth-order valence-electron chi connectivity index (χ4n) is 3.01. The van der Waals surface area contributed by atoms with E-state index in [1.54, 1.807) is 18.2 Å². The molecular weight excluding hydrogens is 328 g/mol. The summed E-state index contributed by atoms with van der Waals surface area (Å²) in [7, 11) is 0. The minimum atomic E-state index is -2.88. The minimum Gasteiger partial charge on any atom is -0.434 e. The van der Waals surface area contributed by atoms with Crippen LogP contribution in [-0.2, 0) is 6.54 Å². The smallest absolute Gasteiger partial charge is 0.387 e. The molecule has 1 aliphatic heterocycles. The molecule has 1 aromatic carbocycles. The van der Waals surface area contributed by atoms with Crippen LogP contribution in [0.2, 0.25) is 0 Å². The van der Waals surface area contributed by atoms with Gasteiger partial charge in [0.1, 0.15) is 5.75 Å². The van der Waals surface area contributed by atoms with Crippen molar-refractivity contribution in [1.82, 2.24) is 15.5 Å². The Hall–Kier alpha value is -1.89. The Morgan fingerprint density at radius 3 is 2.64 bits per heavy atom. The monoisotopic (exact) mass is 355 g/mol. The fourth-order valence-corrected chi connectivity index (χ4v) is 3.01. The quantitative estimate of drug-likeness (QED) is 0.753. The number of piperidine rings is 1. The van der Waals surface area contributed by atoms with Crippen LogP contribution in [0.4, 0.5) is 13.6 Å². The van der Waals surface area contributed by atoms with E-state index in [-0.39, 0.29) is 18.3 Å². The van der Waals surface area contributed by atoms with Crippen LogP contribution in [-0.4, -0.2) is 43.7 Å². The average molecular weight is 355 g/mol. The van der Waals surface area contributed by atoms with E-state index in [0.29, 0.717) is 18.0 Å². The summed E-state index contributed by atoms with van der Waals surface area (Å²) < 4.78 is 29.2. The summed E-state index contributed by atoms with van der Waals surface area (Å²) >= 11 is 0. The number of rotatable bonds is 8. The second kappa shape index (κ2) is 10.2. The number of ether oxygens (including phenoxy) is 1. The van der Waals surface area contributed by atoms with Gasteiger partial charge in [-0.25, -0.2) is 4.79 Å². The van der Waals surface area contributed by atoms with Gasteiger partial charge in [-0.3, -0.25) is 0 Å². The fraction of sp³-hybridized carbons (Fsp3) is 0.611. The second-order valence-electron chi connectivity index (χ2n) is 6.52. The van der Waals surface area contributed by atoms with Crippen molar-refractivity contribution in [3.63, 3.8) is 0 Å². The van der Waals surface area contributed by atoms with E-state index in [1.165, 1.54) is 25.3 Å². The van der Waals surface area contributed by atoms with Crippen molar-refractivity contribution in [3.8, 4) is 5.75 Å². The highest BCUT2D eigenvalue weighted by atomic mass is 19.3. The maximum absolute atomic E-state index is 12.4. The standard InChI is InChI=1S/C18H27F2N3O2/c1-14(13-23-9-5-2-6-10-23)11-21-18(24)22-12-15-7-3-4-8-16(15)25-17(19)20/h3-4,7-8,14,17H,2,5-6,9-13H2,1H3,(H2,21,22,24). The topological polar surface area (TPSA) is 53.6 Å². The molecule has 1 unspecified atom stereocenters. The Balaban J connectivity index is 1.70. The van der Waals surface area contributed by atoms with Crippen molar-refractivity contribution in [2.75, 3.05) is 26.2 Å². The molecule has 1 aliphatic rings. The molecule has 5 nitrogen and oxygen atoms in total. The van der Waals surface area contributed by atoms with Crippen molar-refractivity contribution in [2.45, 2.75) is 39.3 Å². The van der Waals surface area contributed by atoms with Crippen LogP contribution in [0.5, 0.6) is 5.75 Å². The van der Waals surface area contributed by atoms with Crippen LogP contribution in [0, 0.1) is 5.92 Å². The summed E-state index contributed by atoms with van der Waals surface area (Å²) in [5.74, 6) is 0.439. The predicted octanol–water partition coefficient (Wildman–Crippen LogP) is 3.21. The summed E-state index contributed by atoms with van der Waals surface area (Å²) in [6, 6.07) is 6.13. The largest absolute Gasteiger partial charge is 0.434 e. The lowest BCUT2D eigenvalue weighted by Crippen LogP contribution is -2.41. The van der Waals surface area contributed by atoms with Gasteiger partial charge in [0.15, 0.2) is 0 Å². The number of nitrogens with one attached hydrogen (secondary N) is 2. The molecule has 1 atom stereocenters. The molecule has 2 N–H and O–H groups in total. The number of urea groups is 1. The van der Waals surface area contributed by atoms with Gasteiger partial charge in [-0.1, -0.05) is 31.5 Å². The molecule has 0 radical (unpaired) electrons. The highest BCUT2D eigenvalue weighted by Gasteiger charge is 2.14. The number of carbonyl (C=O) groups is 1. The second-order valence-corrected chi connectivity index (χ2v) is 6.52. The number of hydrogen-bond donors (Lipinski definition) is 2. The van der Waals surface area contributed by atoms with E-state index in [1.807, 2.05) is 0 Å². The van der Waals surface area contributed by atoms with E-state index in [2.05, 4.69) is 27.2 Å². The van der Waals surface area contributed by atoms with Crippen molar-refractivity contribution >= 4 is 6.03 Å². The molecule has 0 aliphatic carbocycles. The van der Waals surface area contributed by atoms with Gasteiger partial charge in [0.05, 0.1) is 0 Å². The van der Waals surface area contributed by atoms with Gasteiger partial charge in [0, 0.05) is 25.2 Å². The molecule has 2 amide bonds. The molecule has 1 heterocycles. The minimum absolute atomic E-state index is 0.0799. The zero-order valence-electron chi connectivity index (χ0n) is 14.6. The summed E-state index contributed by atoms with van der Waals surface area (Å²) in [4.78, 5) is 14.4. The third-order valence-corrected chi connectivity index (χ3v) is 4.26. The number of carbonyl (C=O) groups excluding carboxylic acids is 1. The zero-order chi connectivity index (χ0) is 18.1. The molecular formula is C18H27F2N3O2. The summed E-state index contributed by atoms with van der Waals surface area (Å²) in [5.41, 5.74) is 0.513. The molecule has 0 saturated carbocycles. The Labute approximate surface area is 147 Å². The Morgan fingerprint density at radius 2 is 1.92 bits per heavy atom. The van der Waals surface area contributed by atoms with Crippen molar-refractivity contribution in [3.05, 3.63) is 29.8 Å². The first kappa shape index (κ1) is 19.4. The Morgan fingerprint density at radius 1 is 1.20 bits per heavy atom. The molecule has 0 bridgehead atoms. The number of alkyl halides is 2. The first-order valence-electron chi connectivity index (χ1n) is 8.81. The summed E-state index contributed by atoms with van der Waals surface area (Å²) in [6.45, 7) is 3.19. The number of hydrogen-bond acceptors (Lipinski definition) is 3. The third kappa shape index (κ3) is 7.25. The molecule has 140 valence electrons. The van der Waals surface area contributed by atoms with Gasteiger partial charge in [0.25, 0.3) is 0 Å². The normalized spacial score (nSPS) is 16.5. The van der Waals surface area contributed by atoms with Crippen molar-refractivity contribution in [2.24, 2.45) is 5.92 Å². The number of para-hydroxylation sites is 1. The predicted molar refractivity (Wildman–Crippen MR) is 92.8 cm³/mol. The van der Waals surface area contributed by atoms with Crippen LogP contribution in [0.25, 0.3) is 0 Å². The van der Waals surface area contributed by atoms with Crippen LogP contribution >= 0.6 is 0 Å². The van der Waals surface area contributed by atoms with E-state index < -0.39 is 6.61 Å². The first-order chi connectivity index (χ1) is 12.0. The lowest BCUT2D eigenvalue weighted by Gasteiger charge is -2.29. The summed E-state index contributed by atoms with van der Waals surface area (Å²) in [5, 5.41) is 5.52. The number of benzene rings is 1. The molecule has 0 aromatic heterocycles. The van der Waals surface area contributed by atoms with Gasteiger partial charge >= 0.3 is 12.6 Å². The maximum Gasteiger partial charge on any atom is 0.387 e. The molecule has 7 heteroatoms. The SMILES string of the molecule is CC(CNC(=O)NCc1ccccc1OC(F)F)CN1CCCCC1. The number of likely N-dealkylation sites (tertiary alicyclic amines) is 1. The van der Waals surface area contributed by atoms with Gasteiger partial charge in [-0.2, -0.15) is 8.78 Å². The van der Waals surface area contributed by atoms with E-state index in [9.17, 15) is 13.6 Å². The van der Waals surface area contributed by atoms with Crippen LogP contribution in [0.3, 0.4) is 0 Å². The highest BCUT2D eigenvalue weighted by molar-refractivity contribution is 5.73. The van der Waals surface area contributed by atoms with Gasteiger partial charge in [0.2, 0.25) is 0 Å². The Bertz CT molecular complexity index is 537. The Kier molecular flexibility index (Phi) is 7.91. The maximum atomic E-state index is 12.4. The molecule has 1 saturated heterocycles. The van der Waals surface area contributed by atoms with Crippen LogP contribution in [0.15, 0.2) is 24.3 Å². The van der Waals surface area contributed by atoms with Crippen molar-refractivity contribution in [1.29, 1.82) is 0 Å². The van der Waals surface area contributed by atoms with Gasteiger partial charge < -0.3 is 20.3 Å². The van der Waals surface area contributed by atoms with Crippen LogP contribution in [0.1, 0.15) is 31.7 Å². The molecule has 1 aromatic rings. The van der Waals surface area contributed by atoms with E-state index in [4.69, 9.17) is 0 Å². The average Bonchev–Trinajstić information content (AvgIpc) is 2.59. The lowest BCUT2D eigenvalue weighted by molar-refractivity contribution is -0.0504. The van der Waals surface area contributed by atoms with Crippen LogP contribution < -0.4 is 15.4 Å².